The second-order valence-electron chi connectivity index (χ2n) is 4.71. The van der Waals surface area contributed by atoms with Gasteiger partial charge in [0.15, 0.2) is 6.61 Å². The fraction of sp³-hybridized carbons (Fsp3) is 0.429. The highest BCUT2D eigenvalue weighted by atomic mass is 79.9. The maximum atomic E-state index is 11.7. The van der Waals surface area contributed by atoms with Crippen molar-refractivity contribution in [2.45, 2.75) is 19.8 Å². The highest BCUT2D eigenvalue weighted by molar-refractivity contribution is 9.11. The molecule has 0 aliphatic rings. The Labute approximate surface area is 140 Å². The molecule has 0 heterocycles. The first-order valence-corrected chi connectivity index (χ1v) is 8.03. The van der Waals surface area contributed by atoms with Crippen molar-refractivity contribution < 1.29 is 19.4 Å². The van der Waals surface area contributed by atoms with Gasteiger partial charge in [0.25, 0.3) is 5.91 Å². The molecule has 1 atom stereocenters. The van der Waals surface area contributed by atoms with Gasteiger partial charge in [0, 0.05) is 17.4 Å². The van der Waals surface area contributed by atoms with Gasteiger partial charge in [-0.2, -0.15) is 0 Å². The fourth-order valence-corrected chi connectivity index (χ4v) is 2.71. The number of hydrogen-bond donors (Lipinski definition) is 2. The van der Waals surface area contributed by atoms with Crippen LogP contribution in [0.5, 0.6) is 5.75 Å². The second-order valence-corrected chi connectivity index (χ2v) is 6.48. The first-order valence-electron chi connectivity index (χ1n) is 6.45. The number of halogens is 2. The Morgan fingerprint density at radius 2 is 2.10 bits per heavy atom. The Hall–Kier alpha value is -1.08. The summed E-state index contributed by atoms with van der Waals surface area (Å²) in [5, 5.41) is 11.3. The normalized spacial score (nSPS) is 11.8. The number of carboxylic acids is 1. The zero-order valence-electron chi connectivity index (χ0n) is 11.6. The maximum Gasteiger partial charge on any atom is 0.303 e. The lowest BCUT2D eigenvalue weighted by atomic mass is 10.1. The van der Waals surface area contributed by atoms with Crippen LogP contribution in [0.15, 0.2) is 27.1 Å². The Morgan fingerprint density at radius 3 is 2.71 bits per heavy atom. The highest BCUT2D eigenvalue weighted by Crippen LogP contribution is 2.28. The van der Waals surface area contributed by atoms with Crippen LogP contribution in [0, 0.1) is 5.92 Å². The number of benzene rings is 1. The molecule has 1 unspecified atom stereocenters. The Balaban J connectivity index is 2.29. The summed E-state index contributed by atoms with van der Waals surface area (Å²) in [4.78, 5) is 22.1. The standard InChI is InChI=1S/C14H17Br2NO4/c1-9(2-5-14(19)20)7-17-13(18)8-21-12-4-3-10(15)6-11(12)16/h3-4,6,9H,2,5,7-8H2,1H3,(H,17,18)(H,19,20). The number of nitrogens with one attached hydrogen (secondary N) is 1. The third-order valence-corrected chi connectivity index (χ3v) is 3.86. The number of carbonyl (C=O) groups is 2. The van der Waals surface area contributed by atoms with Crippen molar-refractivity contribution >= 4 is 43.7 Å². The van der Waals surface area contributed by atoms with Crippen molar-refractivity contribution in [3.8, 4) is 5.75 Å². The van der Waals surface area contributed by atoms with Gasteiger partial charge in [0.2, 0.25) is 0 Å². The molecule has 0 saturated carbocycles. The van der Waals surface area contributed by atoms with Crippen molar-refractivity contribution in [3.05, 3.63) is 27.1 Å². The van der Waals surface area contributed by atoms with Crippen molar-refractivity contribution in [3.63, 3.8) is 0 Å². The summed E-state index contributed by atoms with van der Waals surface area (Å²) in [7, 11) is 0. The zero-order valence-corrected chi connectivity index (χ0v) is 14.7. The maximum absolute atomic E-state index is 11.7. The monoisotopic (exact) mass is 421 g/mol. The predicted molar refractivity (Wildman–Crippen MR) is 86.4 cm³/mol. The number of rotatable bonds is 8. The smallest absolute Gasteiger partial charge is 0.303 e. The molecule has 21 heavy (non-hydrogen) atoms. The van der Waals surface area contributed by atoms with E-state index in [1.807, 2.05) is 19.1 Å². The van der Waals surface area contributed by atoms with Crippen LogP contribution in [-0.4, -0.2) is 30.1 Å². The van der Waals surface area contributed by atoms with Gasteiger partial charge in [-0.05, 0) is 46.5 Å². The van der Waals surface area contributed by atoms with Crippen LogP contribution < -0.4 is 10.1 Å². The van der Waals surface area contributed by atoms with Crippen molar-refractivity contribution in [1.82, 2.24) is 5.32 Å². The van der Waals surface area contributed by atoms with E-state index in [1.165, 1.54) is 0 Å². The van der Waals surface area contributed by atoms with Gasteiger partial charge in [-0.3, -0.25) is 9.59 Å². The van der Waals surface area contributed by atoms with E-state index in [0.29, 0.717) is 18.7 Å². The average molecular weight is 423 g/mol. The summed E-state index contributed by atoms with van der Waals surface area (Å²) < 4.78 is 7.09. The topological polar surface area (TPSA) is 75.6 Å². The number of carboxylic acid groups (broad SMARTS) is 1. The third-order valence-electron chi connectivity index (χ3n) is 2.75. The molecular formula is C14H17Br2NO4. The highest BCUT2D eigenvalue weighted by Gasteiger charge is 2.09. The van der Waals surface area contributed by atoms with Gasteiger partial charge in [-0.1, -0.05) is 22.9 Å². The van der Waals surface area contributed by atoms with Gasteiger partial charge in [0.05, 0.1) is 4.47 Å². The number of amides is 1. The van der Waals surface area contributed by atoms with Crippen molar-refractivity contribution in [2.24, 2.45) is 5.92 Å². The van der Waals surface area contributed by atoms with Crippen LogP contribution in [0.3, 0.4) is 0 Å². The SMILES string of the molecule is CC(CCC(=O)O)CNC(=O)COc1ccc(Br)cc1Br. The molecule has 0 aliphatic heterocycles. The van der Waals surface area contributed by atoms with Crippen LogP contribution in [0.2, 0.25) is 0 Å². The van der Waals surface area contributed by atoms with Crippen LogP contribution in [0.1, 0.15) is 19.8 Å². The molecule has 0 saturated heterocycles. The molecule has 2 N–H and O–H groups in total. The molecule has 0 radical (unpaired) electrons. The molecule has 0 aromatic heterocycles. The van der Waals surface area contributed by atoms with E-state index < -0.39 is 5.97 Å². The van der Waals surface area contributed by atoms with Gasteiger partial charge in [-0.15, -0.1) is 0 Å². The van der Waals surface area contributed by atoms with E-state index in [2.05, 4.69) is 37.2 Å². The van der Waals surface area contributed by atoms with E-state index in [-0.39, 0.29) is 24.9 Å². The molecule has 0 bridgehead atoms. The summed E-state index contributed by atoms with van der Waals surface area (Å²) in [6.45, 7) is 2.26. The lowest BCUT2D eigenvalue weighted by Crippen LogP contribution is -2.32. The summed E-state index contributed by atoms with van der Waals surface area (Å²) in [5.41, 5.74) is 0. The van der Waals surface area contributed by atoms with Crippen LogP contribution >= 0.6 is 31.9 Å². The van der Waals surface area contributed by atoms with Crippen LogP contribution in [0.25, 0.3) is 0 Å². The number of ether oxygens (including phenoxy) is 1. The van der Waals surface area contributed by atoms with E-state index in [9.17, 15) is 9.59 Å². The molecule has 1 aromatic rings. The lowest BCUT2D eigenvalue weighted by molar-refractivity contribution is -0.137. The number of hydrogen-bond acceptors (Lipinski definition) is 3. The summed E-state index contributed by atoms with van der Waals surface area (Å²) in [6.07, 6.45) is 0.647. The first kappa shape index (κ1) is 18.0. The average Bonchev–Trinajstić information content (AvgIpc) is 2.41. The van der Waals surface area contributed by atoms with Crippen molar-refractivity contribution in [2.75, 3.05) is 13.2 Å². The second kappa shape index (κ2) is 9.04. The van der Waals surface area contributed by atoms with Gasteiger partial charge < -0.3 is 15.2 Å². The quantitative estimate of drug-likeness (QED) is 0.674. The third kappa shape index (κ3) is 7.47. The zero-order chi connectivity index (χ0) is 15.8. The minimum absolute atomic E-state index is 0.0775. The largest absolute Gasteiger partial charge is 0.483 e. The molecular weight excluding hydrogens is 406 g/mol. The van der Waals surface area contributed by atoms with E-state index in [0.717, 1.165) is 8.95 Å². The van der Waals surface area contributed by atoms with Gasteiger partial charge >= 0.3 is 5.97 Å². The first-order chi connectivity index (χ1) is 9.88. The lowest BCUT2D eigenvalue weighted by Gasteiger charge is -2.12. The Morgan fingerprint density at radius 1 is 1.38 bits per heavy atom. The number of aliphatic carboxylic acids is 1. The Bertz CT molecular complexity index is 508. The molecule has 1 amide bonds. The minimum Gasteiger partial charge on any atom is -0.483 e. The van der Waals surface area contributed by atoms with E-state index >= 15 is 0 Å². The van der Waals surface area contributed by atoms with E-state index in [4.69, 9.17) is 9.84 Å². The Kier molecular flexibility index (Phi) is 7.74. The minimum atomic E-state index is -0.823. The molecule has 116 valence electrons. The van der Waals surface area contributed by atoms with Crippen LogP contribution in [-0.2, 0) is 9.59 Å². The molecule has 0 spiro atoms. The summed E-state index contributed by atoms with van der Waals surface area (Å²) in [6, 6.07) is 5.42. The summed E-state index contributed by atoms with van der Waals surface area (Å²) >= 11 is 6.69. The van der Waals surface area contributed by atoms with E-state index in [1.54, 1.807) is 6.07 Å². The van der Waals surface area contributed by atoms with Crippen molar-refractivity contribution in [1.29, 1.82) is 0 Å². The molecule has 1 aromatic carbocycles. The molecule has 0 fully saturated rings. The summed E-state index contributed by atoms with van der Waals surface area (Å²) in [5.74, 6) is -0.347. The molecule has 7 heteroatoms. The van der Waals surface area contributed by atoms with Gasteiger partial charge in [0.1, 0.15) is 5.75 Å². The van der Waals surface area contributed by atoms with Crippen LogP contribution in [0.4, 0.5) is 0 Å². The number of carbonyl (C=O) groups excluding carboxylic acids is 1. The molecule has 1 rings (SSSR count). The molecule has 0 aliphatic carbocycles. The fourth-order valence-electron chi connectivity index (χ4n) is 1.55. The molecule has 5 nitrogen and oxygen atoms in total. The predicted octanol–water partition coefficient (Wildman–Crippen LogP) is 3.21. The van der Waals surface area contributed by atoms with Gasteiger partial charge in [-0.25, -0.2) is 0 Å².